The summed E-state index contributed by atoms with van der Waals surface area (Å²) in [6.45, 7) is 0. The first-order valence-electron chi connectivity index (χ1n) is 4.44. The standard InChI is InChI=1S/C8H4IN5O4/c9-4-1-10-8(11-2-4)13-3-5(14(17)18)6(12-13)7(15)16/h1-3H,(H,15,16). The maximum Gasteiger partial charge on any atom is 0.363 e. The van der Waals surface area contributed by atoms with Crippen LogP contribution in [0.1, 0.15) is 10.5 Å². The van der Waals surface area contributed by atoms with Crippen LogP contribution in [0.5, 0.6) is 0 Å². The summed E-state index contributed by atoms with van der Waals surface area (Å²) in [5, 5.41) is 23.0. The number of carbonyl (C=O) groups is 1. The van der Waals surface area contributed by atoms with Gasteiger partial charge < -0.3 is 5.11 Å². The summed E-state index contributed by atoms with van der Waals surface area (Å²) in [6.07, 6.45) is 3.93. The number of nitrogens with zero attached hydrogens (tertiary/aromatic N) is 5. The molecular formula is C8H4IN5O4. The van der Waals surface area contributed by atoms with Gasteiger partial charge in [-0.3, -0.25) is 10.1 Å². The van der Waals surface area contributed by atoms with E-state index in [0.717, 1.165) is 14.4 Å². The fourth-order valence-electron chi connectivity index (χ4n) is 1.18. The Hall–Kier alpha value is -2.11. The van der Waals surface area contributed by atoms with E-state index in [1.807, 2.05) is 22.6 Å². The number of aromatic carboxylic acids is 1. The summed E-state index contributed by atoms with van der Waals surface area (Å²) in [5.74, 6) is -1.42. The van der Waals surface area contributed by atoms with E-state index in [1.165, 1.54) is 12.4 Å². The number of halogens is 1. The van der Waals surface area contributed by atoms with Gasteiger partial charge in [-0.05, 0) is 22.6 Å². The van der Waals surface area contributed by atoms with Crippen molar-refractivity contribution in [3.8, 4) is 5.95 Å². The molecule has 0 amide bonds. The van der Waals surface area contributed by atoms with E-state index >= 15 is 0 Å². The van der Waals surface area contributed by atoms with Crippen LogP contribution >= 0.6 is 22.6 Å². The van der Waals surface area contributed by atoms with Gasteiger partial charge in [0.25, 0.3) is 5.95 Å². The van der Waals surface area contributed by atoms with E-state index in [1.54, 1.807) is 0 Å². The quantitative estimate of drug-likeness (QED) is 0.489. The lowest BCUT2D eigenvalue weighted by atomic mass is 10.4. The van der Waals surface area contributed by atoms with Gasteiger partial charge in [0, 0.05) is 16.0 Å². The van der Waals surface area contributed by atoms with Gasteiger partial charge >= 0.3 is 11.7 Å². The molecule has 2 aromatic rings. The first kappa shape index (κ1) is 12.3. The van der Waals surface area contributed by atoms with Gasteiger partial charge in [0.2, 0.25) is 5.69 Å². The Balaban J connectivity index is 2.53. The number of nitro groups is 1. The Morgan fingerprint density at radius 3 is 2.50 bits per heavy atom. The van der Waals surface area contributed by atoms with Crippen molar-refractivity contribution < 1.29 is 14.8 Å². The Morgan fingerprint density at radius 2 is 2.06 bits per heavy atom. The van der Waals surface area contributed by atoms with E-state index in [-0.39, 0.29) is 5.95 Å². The zero-order chi connectivity index (χ0) is 13.3. The van der Waals surface area contributed by atoms with Crippen molar-refractivity contribution in [2.45, 2.75) is 0 Å². The maximum absolute atomic E-state index is 10.8. The predicted octanol–water partition coefficient (Wildman–Crippen LogP) is 0.873. The highest BCUT2D eigenvalue weighted by atomic mass is 127. The van der Waals surface area contributed by atoms with Crippen LogP contribution in [0.25, 0.3) is 5.95 Å². The highest BCUT2D eigenvalue weighted by Gasteiger charge is 2.26. The molecule has 18 heavy (non-hydrogen) atoms. The molecule has 0 aliphatic rings. The lowest BCUT2D eigenvalue weighted by Gasteiger charge is -1.96. The molecule has 0 aliphatic carbocycles. The van der Waals surface area contributed by atoms with Crippen LogP contribution in [0.2, 0.25) is 0 Å². The van der Waals surface area contributed by atoms with Gasteiger partial charge in [-0.2, -0.15) is 9.78 Å². The fraction of sp³-hybridized carbons (Fsp3) is 0. The second-order valence-corrected chi connectivity index (χ2v) is 4.32. The largest absolute Gasteiger partial charge is 0.476 e. The zero-order valence-corrected chi connectivity index (χ0v) is 10.7. The molecule has 0 aliphatic heterocycles. The first-order valence-corrected chi connectivity index (χ1v) is 5.52. The third-order valence-corrected chi connectivity index (χ3v) is 2.46. The average Bonchev–Trinajstić information content (AvgIpc) is 2.75. The van der Waals surface area contributed by atoms with Crippen molar-refractivity contribution >= 4 is 34.2 Å². The molecule has 0 fully saturated rings. The second-order valence-electron chi connectivity index (χ2n) is 3.07. The summed E-state index contributed by atoms with van der Waals surface area (Å²) in [4.78, 5) is 28.4. The minimum absolute atomic E-state index is 0.0611. The molecule has 9 nitrogen and oxygen atoms in total. The Bertz CT molecular complexity index is 591. The minimum Gasteiger partial charge on any atom is -0.476 e. The molecule has 0 spiro atoms. The minimum atomic E-state index is -1.48. The van der Waals surface area contributed by atoms with Crippen molar-refractivity contribution in [1.82, 2.24) is 19.7 Å². The van der Waals surface area contributed by atoms with Crippen LogP contribution in [-0.2, 0) is 0 Å². The molecule has 2 aromatic heterocycles. The van der Waals surface area contributed by atoms with E-state index in [0.29, 0.717) is 0 Å². The van der Waals surface area contributed by atoms with Crippen LogP contribution in [0.3, 0.4) is 0 Å². The number of carboxylic acids is 1. The van der Waals surface area contributed by atoms with Crippen molar-refractivity contribution in [2.24, 2.45) is 0 Å². The SMILES string of the molecule is O=C(O)c1nn(-c2ncc(I)cn2)cc1[N+](=O)[O-]. The molecule has 0 atom stereocenters. The van der Waals surface area contributed by atoms with Crippen LogP contribution < -0.4 is 0 Å². The van der Waals surface area contributed by atoms with Gasteiger partial charge in [-0.25, -0.2) is 14.8 Å². The number of carboxylic acid groups (broad SMARTS) is 1. The monoisotopic (exact) mass is 361 g/mol. The first-order chi connectivity index (χ1) is 8.49. The van der Waals surface area contributed by atoms with E-state index in [9.17, 15) is 14.9 Å². The highest BCUT2D eigenvalue weighted by Crippen LogP contribution is 2.18. The molecule has 0 radical (unpaired) electrons. The molecule has 0 saturated carbocycles. The molecule has 2 rings (SSSR count). The molecule has 2 heterocycles. The topological polar surface area (TPSA) is 124 Å². The Morgan fingerprint density at radius 1 is 1.44 bits per heavy atom. The van der Waals surface area contributed by atoms with Gasteiger partial charge in [0.05, 0.1) is 4.92 Å². The third kappa shape index (κ3) is 2.27. The van der Waals surface area contributed by atoms with Crippen LogP contribution in [0.15, 0.2) is 18.6 Å². The van der Waals surface area contributed by atoms with Gasteiger partial charge in [-0.15, -0.1) is 0 Å². The third-order valence-electron chi connectivity index (χ3n) is 1.91. The van der Waals surface area contributed by atoms with Crippen LogP contribution in [-0.4, -0.2) is 35.7 Å². The zero-order valence-electron chi connectivity index (χ0n) is 8.52. The fourth-order valence-corrected chi connectivity index (χ4v) is 1.46. The lowest BCUT2D eigenvalue weighted by molar-refractivity contribution is -0.385. The molecule has 92 valence electrons. The van der Waals surface area contributed by atoms with Crippen molar-refractivity contribution in [3.05, 3.63) is 38.0 Å². The highest BCUT2D eigenvalue weighted by molar-refractivity contribution is 14.1. The summed E-state index contributed by atoms with van der Waals surface area (Å²) in [5.41, 5.74) is -1.26. The summed E-state index contributed by atoms with van der Waals surface area (Å²) in [6, 6.07) is 0. The Kier molecular flexibility index (Phi) is 3.18. The van der Waals surface area contributed by atoms with Gasteiger partial charge in [-0.1, -0.05) is 0 Å². The molecule has 10 heteroatoms. The normalized spacial score (nSPS) is 10.3. The number of hydrogen-bond donors (Lipinski definition) is 1. The van der Waals surface area contributed by atoms with Crippen molar-refractivity contribution in [1.29, 1.82) is 0 Å². The molecular weight excluding hydrogens is 357 g/mol. The van der Waals surface area contributed by atoms with Crippen LogP contribution in [0, 0.1) is 13.7 Å². The molecule has 0 saturated heterocycles. The number of rotatable bonds is 3. The maximum atomic E-state index is 10.8. The smallest absolute Gasteiger partial charge is 0.363 e. The van der Waals surface area contributed by atoms with Crippen molar-refractivity contribution in [3.63, 3.8) is 0 Å². The van der Waals surface area contributed by atoms with E-state index < -0.39 is 22.3 Å². The lowest BCUT2D eigenvalue weighted by Crippen LogP contribution is -2.05. The van der Waals surface area contributed by atoms with Gasteiger partial charge in [0.15, 0.2) is 0 Å². The van der Waals surface area contributed by atoms with E-state index in [4.69, 9.17) is 5.11 Å². The molecule has 0 bridgehead atoms. The summed E-state index contributed by atoms with van der Waals surface area (Å²) < 4.78 is 1.73. The number of aromatic nitrogens is 4. The summed E-state index contributed by atoms with van der Waals surface area (Å²) in [7, 11) is 0. The Labute approximate surface area is 113 Å². The van der Waals surface area contributed by atoms with Crippen molar-refractivity contribution in [2.75, 3.05) is 0 Å². The average molecular weight is 361 g/mol. The molecule has 0 aromatic carbocycles. The van der Waals surface area contributed by atoms with E-state index in [2.05, 4.69) is 15.1 Å². The van der Waals surface area contributed by atoms with Gasteiger partial charge in [0.1, 0.15) is 6.20 Å². The number of hydrogen-bond acceptors (Lipinski definition) is 6. The summed E-state index contributed by atoms with van der Waals surface area (Å²) >= 11 is 1.99. The second kappa shape index (κ2) is 4.64. The predicted molar refractivity (Wildman–Crippen MR) is 65.5 cm³/mol. The van der Waals surface area contributed by atoms with Crippen LogP contribution in [0.4, 0.5) is 5.69 Å². The molecule has 0 unspecified atom stereocenters. The molecule has 1 N–H and O–H groups in total.